The van der Waals surface area contributed by atoms with E-state index < -0.39 is 11.8 Å². The summed E-state index contributed by atoms with van der Waals surface area (Å²) in [7, 11) is 0. The zero-order chi connectivity index (χ0) is 15.9. The number of fused-ring (bicyclic) bond motifs is 1. The van der Waals surface area contributed by atoms with E-state index in [1.807, 2.05) is 31.2 Å². The van der Waals surface area contributed by atoms with Crippen LogP contribution in [0.3, 0.4) is 0 Å². The molecular weight excluding hydrogens is 280 g/mol. The first-order valence-electron chi connectivity index (χ1n) is 6.95. The maximum atomic E-state index is 11.6. The number of ether oxygens (including phenoxy) is 1. The fraction of sp³-hybridized carbons (Fsp3) is 0.176. The maximum Gasteiger partial charge on any atom is 0.252 e. The van der Waals surface area contributed by atoms with E-state index in [0.29, 0.717) is 12.4 Å². The molecule has 0 aliphatic carbocycles. The fourth-order valence-electron chi connectivity index (χ4n) is 2.89. The third kappa shape index (κ3) is 2.20. The molecule has 0 fully saturated rings. The monoisotopic (exact) mass is 296 g/mol. The summed E-state index contributed by atoms with van der Waals surface area (Å²) < 4.78 is 5.69. The van der Waals surface area contributed by atoms with E-state index in [2.05, 4.69) is 0 Å². The van der Waals surface area contributed by atoms with Gasteiger partial charge in [-0.05, 0) is 30.2 Å². The molecule has 0 radical (unpaired) electrons. The summed E-state index contributed by atoms with van der Waals surface area (Å²) >= 11 is 0. The molecule has 3 rings (SSSR count). The number of hydrogen-bond donors (Lipinski definition) is 2. The Labute approximate surface area is 127 Å². The minimum absolute atomic E-state index is 0.0476. The summed E-state index contributed by atoms with van der Waals surface area (Å²) in [5, 5.41) is 0. The van der Waals surface area contributed by atoms with Gasteiger partial charge in [0.15, 0.2) is 0 Å². The van der Waals surface area contributed by atoms with Crippen LogP contribution in [0, 0.1) is 6.92 Å². The van der Waals surface area contributed by atoms with Crippen molar-refractivity contribution in [1.82, 2.24) is 0 Å². The SMILES string of the molecule is Cc1ccccc1C1COc2c(C(N)=O)cc(C(N)=O)cc21. The average Bonchev–Trinajstić information content (AvgIpc) is 2.90. The molecule has 0 bridgehead atoms. The minimum Gasteiger partial charge on any atom is -0.491 e. The largest absolute Gasteiger partial charge is 0.491 e. The molecule has 1 aliphatic rings. The number of aryl methyl sites for hydroxylation is 1. The van der Waals surface area contributed by atoms with Crippen molar-refractivity contribution >= 4 is 11.8 Å². The third-order valence-electron chi connectivity index (χ3n) is 4.00. The van der Waals surface area contributed by atoms with Gasteiger partial charge in [0.2, 0.25) is 5.91 Å². The fourth-order valence-corrected chi connectivity index (χ4v) is 2.89. The molecule has 22 heavy (non-hydrogen) atoms. The molecule has 0 saturated carbocycles. The van der Waals surface area contributed by atoms with Crippen LogP contribution in [0.15, 0.2) is 36.4 Å². The first-order valence-corrected chi connectivity index (χ1v) is 6.95. The molecule has 0 saturated heterocycles. The Kier molecular flexibility index (Phi) is 3.33. The second-order valence-electron chi connectivity index (χ2n) is 5.39. The number of rotatable bonds is 3. The van der Waals surface area contributed by atoms with Crippen LogP contribution in [0.1, 0.15) is 43.3 Å². The van der Waals surface area contributed by atoms with Gasteiger partial charge in [-0.25, -0.2) is 0 Å². The number of amides is 2. The smallest absolute Gasteiger partial charge is 0.252 e. The molecule has 5 nitrogen and oxygen atoms in total. The van der Waals surface area contributed by atoms with Crippen LogP contribution in [0.4, 0.5) is 0 Å². The predicted molar refractivity (Wildman–Crippen MR) is 82.0 cm³/mol. The summed E-state index contributed by atoms with van der Waals surface area (Å²) in [6.45, 7) is 2.42. The van der Waals surface area contributed by atoms with Gasteiger partial charge < -0.3 is 16.2 Å². The molecule has 2 aromatic rings. The molecule has 1 unspecified atom stereocenters. The minimum atomic E-state index is -0.634. The Morgan fingerprint density at radius 2 is 1.82 bits per heavy atom. The van der Waals surface area contributed by atoms with E-state index in [0.717, 1.165) is 16.7 Å². The van der Waals surface area contributed by atoms with Crippen molar-refractivity contribution in [2.45, 2.75) is 12.8 Å². The number of primary amides is 2. The van der Waals surface area contributed by atoms with E-state index in [-0.39, 0.29) is 17.0 Å². The Hall–Kier alpha value is -2.82. The van der Waals surface area contributed by atoms with Crippen LogP contribution in [0.5, 0.6) is 5.75 Å². The average molecular weight is 296 g/mol. The maximum absolute atomic E-state index is 11.6. The Morgan fingerprint density at radius 3 is 2.45 bits per heavy atom. The highest BCUT2D eigenvalue weighted by molar-refractivity contribution is 6.01. The normalized spacial score (nSPS) is 16.0. The van der Waals surface area contributed by atoms with E-state index in [9.17, 15) is 9.59 Å². The highest BCUT2D eigenvalue weighted by Gasteiger charge is 2.31. The van der Waals surface area contributed by atoms with E-state index in [4.69, 9.17) is 16.2 Å². The first-order chi connectivity index (χ1) is 10.5. The molecule has 112 valence electrons. The Bertz CT molecular complexity index is 783. The topological polar surface area (TPSA) is 95.4 Å². The van der Waals surface area contributed by atoms with Crippen molar-refractivity contribution in [3.8, 4) is 5.75 Å². The van der Waals surface area contributed by atoms with Crippen molar-refractivity contribution in [2.75, 3.05) is 6.61 Å². The summed E-state index contributed by atoms with van der Waals surface area (Å²) in [5.74, 6) is -0.829. The van der Waals surface area contributed by atoms with Gasteiger partial charge in [-0.15, -0.1) is 0 Å². The molecule has 0 spiro atoms. The zero-order valence-electron chi connectivity index (χ0n) is 12.1. The van der Waals surface area contributed by atoms with Gasteiger partial charge in [0.25, 0.3) is 5.91 Å². The molecule has 1 aliphatic heterocycles. The molecule has 0 aromatic heterocycles. The number of carbonyl (C=O) groups excluding carboxylic acids is 2. The van der Waals surface area contributed by atoms with Crippen LogP contribution in [-0.2, 0) is 0 Å². The first kappa shape index (κ1) is 14.1. The molecule has 2 aromatic carbocycles. The lowest BCUT2D eigenvalue weighted by Gasteiger charge is -2.13. The van der Waals surface area contributed by atoms with Crippen molar-refractivity contribution < 1.29 is 14.3 Å². The highest BCUT2D eigenvalue weighted by atomic mass is 16.5. The molecule has 1 heterocycles. The van der Waals surface area contributed by atoms with Crippen LogP contribution in [0.25, 0.3) is 0 Å². The second-order valence-corrected chi connectivity index (χ2v) is 5.39. The second kappa shape index (κ2) is 5.18. The van der Waals surface area contributed by atoms with E-state index in [1.54, 1.807) is 6.07 Å². The lowest BCUT2D eigenvalue weighted by atomic mass is 9.88. The zero-order valence-corrected chi connectivity index (χ0v) is 12.1. The van der Waals surface area contributed by atoms with Crippen LogP contribution in [0.2, 0.25) is 0 Å². The third-order valence-corrected chi connectivity index (χ3v) is 4.00. The molecular formula is C17H16N2O3. The van der Waals surface area contributed by atoms with Gasteiger partial charge in [-0.1, -0.05) is 24.3 Å². The number of hydrogen-bond acceptors (Lipinski definition) is 3. The van der Waals surface area contributed by atoms with Gasteiger partial charge in [-0.3, -0.25) is 9.59 Å². The van der Waals surface area contributed by atoms with Crippen molar-refractivity contribution in [3.05, 3.63) is 64.2 Å². The van der Waals surface area contributed by atoms with Gasteiger partial charge in [0.05, 0.1) is 12.2 Å². The summed E-state index contributed by atoms with van der Waals surface area (Å²) in [6, 6.07) is 11.0. The highest BCUT2D eigenvalue weighted by Crippen LogP contribution is 2.41. The van der Waals surface area contributed by atoms with Gasteiger partial charge in [-0.2, -0.15) is 0 Å². The summed E-state index contributed by atoms with van der Waals surface area (Å²) in [5.41, 5.74) is 14.2. The molecule has 1 atom stereocenters. The lowest BCUT2D eigenvalue weighted by Crippen LogP contribution is -2.16. The number of nitrogens with two attached hydrogens (primary N) is 2. The summed E-state index contributed by atoms with van der Waals surface area (Å²) in [4.78, 5) is 23.2. The van der Waals surface area contributed by atoms with Crippen LogP contribution >= 0.6 is 0 Å². The van der Waals surface area contributed by atoms with Crippen LogP contribution < -0.4 is 16.2 Å². The Morgan fingerprint density at radius 1 is 1.09 bits per heavy atom. The van der Waals surface area contributed by atoms with E-state index >= 15 is 0 Å². The molecule has 2 amide bonds. The molecule has 4 N–H and O–H groups in total. The van der Waals surface area contributed by atoms with Gasteiger partial charge >= 0.3 is 0 Å². The van der Waals surface area contributed by atoms with Crippen molar-refractivity contribution in [1.29, 1.82) is 0 Å². The number of carbonyl (C=O) groups is 2. The Balaban J connectivity index is 2.20. The lowest BCUT2D eigenvalue weighted by molar-refractivity contribution is 0.0996. The van der Waals surface area contributed by atoms with Gasteiger partial charge in [0.1, 0.15) is 5.75 Å². The standard InChI is InChI=1S/C17H16N2O3/c1-9-4-2-3-5-11(9)14-8-22-15-12(14)6-10(16(18)20)7-13(15)17(19)21/h2-7,14H,8H2,1H3,(H2,18,20)(H2,19,21). The summed E-state index contributed by atoms with van der Waals surface area (Å²) in [6.07, 6.45) is 0. The van der Waals surface area contributed by atoms with Gasteiger partial charge in [0, 0.05) is 17.0 Å². The predicted octanol–water partition coefficient (Wildman–Crippen LogP) is 1.72. The van der Waals surface area contributed by atoms with Crippen molar-refractivity contribution in [2.24, 2.45) is 11.5 Å². The quantitative estimate of drug-likeness (QED) is 0.902. The van der Waals surface area contributed by atoms with E-state index in [1.165, 1.54) is 6.07 Å². The van der Waals surface area contributed by atoms with Crippen molar-refractivity contribution in [3.63, 3.8) is 0 Å². The van der Waals surface area contributed by atoms with Crippen LogP contribution in [-0.4, -0.2) is 18.4 Å². The number of benzene rings is 2. The molecule has 5 heteroatoms.